The van der Waals surface area contributed by atoms with E-state index < -0.39 is 10.8 Å². The number of nitrogens with one attached hydrogen (secondary N) is 1. The number of hydrogen-bond acceptors (Lipinski definition) is 7. The van der Waals surface area contributed by atoms with Crippen molar-refractivity contribution in [3.05, 3.63) is 97.2 Å². The molecule has 1 aromatic heterocycles. The van der Waals surface area contributed by atoms with E-state index in [0.29, 0.717) is 50.7 Å². The molecule has 1 amide bonds. The highest BCUT2D eigenvalue weighted by atomic mass is 79.9. The van der Waals surface area contributed by atoms with Crippen molar-refractivity contribution in [3.8, 4) is 11.5 Å². The highest BCUT2D eigenvalue weighted by molar-refractivity contribution is 9.10. The molecule has 0 aliphatic heterocycles. The first-order chi connectivity index (χ1) is 17.3. The van der Waals surface area contributed by atoms with Crippen molar-refractivity contribution in [1.82, 2.24) is 5.43 Å². The second kappa shape index (κ2) is 11.2. The SMILES string of the molecule is CCOc1cc(/C=N/NC(=O)c2cc3cc([N+](=O)[O-])ccc3o2)cc(Br)c1OCc1ccc(Cl)cc1. The lowest BCUT2D eigenvalue weighted by molar-refractivity contribution is -0.384. The van der Waals surface area contributed by atoms with Crippen molar-refractivity contribution in [3.63, 3.8) is 0 Å². The number of nitro benzene ring substituents is 1. The molecule has 0 bridgehead atoms. The molecule has 11 heteroatoms. The number of nitrogens with zero attached hydrogens (tertiary/aromatic N) is 2. The van der Waals surface area contributed by atoms with Crippen LogP contribution in [0.2, 0.25) is 5.02 Å². The molecule has 184 valence electrons. The summed E-state index contributed by atoms with van der Waals surface area (Å²) in [5.74, 6) is 0.416. The van der Waals surface area contributed by atoms with E-state index in [1.807, 2.05) is 19.1 Å². The highest BCUT2D eigenvalue weighted by Crippen LogP contribution is 2.37. The Bertz CT molecular complexity index is 1450. The van der Waals surface area contributed by atoms with Gasteiger partial charge in [-0.05, 0) is 70.4 Å². The van der Waals surface area contributed by atoms with Crippen LogP contribution in [-0.4, -0.2) is 23.7 Å². The van der Waals surface area contributed by atoms with Crippen molar-refractivity contribution in [1.29, 1.82) is 0 Å². The number of fused-ring (bicyclic) bond motifs is 1. The van der Waals surface area contributed by atoms with Crippen LogP contribution in [0.4, 0.5) is 5.69 Å². The van der Waals surface area contributed by atoms with Gasteiger partial charge in [-0.2, -0.15) is 5.10 Å². The zero-order valence-electron chi connectivity index (χ0n) is 18.9. The molecule has 0 spiro atoms. The zero-order chi connectivity index (χ0) is 25.7. The van der Waals surface area contributed by atoms with Crippen LogP contribution in [0.5, 0.6) is 11.5 Å². The lowest BCUT2D eigenvalue weighted by atomic mass is 10.2. The predicted octanol–water partition coefficient (Wildman–Crippen LogP) is 6.50. The van der Waals surface area contributed by atoms with Crippen LogP contribution in [-0.2, 0) is 6.61 Å². The average molecular weight is 573 g/mol. The number of hydrogen-bond donors (Lipinski definition) is 1. The van der Waals surface area contributed by atoms with Gasteiger partial charge in [0.25, 0.3) is 5.69 Å². The molecule has 0 aliphatic rings. The normalized spacial score (nSPS) is 11.1. The number of hydrazone groups is 1. The monoisotopic (exact) mass is 571 g/mol. The molecule has 0 atom stereocenters. The fraction of sp³-hybridized carbons (Fsp3) is 0.120. The molecule has 0 fully saturated rings. The van der Waals surface area contributed by atoms with E-state index >= 15 is 0 Å². The highest BCUT2D eigenvalue weighted by Gasteiger charge is 2.15. The van der Waals surface area contributed by atoms with Gasteiger partial charge in [-0.3, -0.25) is 14.9 Å². The molecule has 1 heterocycles. The molecule has 4 rings (SSSR count). The zero-order valence-corrected chi connectivity index (χ0v) is 21.2. The van der Waals surface area contributed by atoms with E-state index in [1.54, 1.807) is 24.3 Å². The quantitative estimate of drug-likeness (QED) is 0.139. The summed E-state index contributed by atoms with van der Waals surface area (Å²) >= 11 is 9.44. The minimum Gasteiger partial charge on any atom is -0.490 e. The van der Waals surface area contributed by atoms with Gasteiger partial charge in [-0.1, -0.05) is 23.7 Å². The number of ether oxygens (including phenoxy) is 2. The van der Waals surface area contributed by atoms with Crippen LogP contribution in [0.15, 0.2) is 74.7 Å². The third kappa shape index (κ3) is 6.02. The lowest BCUT2D eigenvalue weighted by Gasteiger charge is -2.14. The Hall–Kier alpha value is -3.89. The Balaban J connectivity index is 1.46. The molecular weight excluding hydrogens is 554 g/mol. The molecule has 3 aromatic carbocycles. The molecule has 4 aromatic rings. The van der Waals surface area contributed by atoms with Gasteiger partial charge < -0.3 is 13.9 Å². The summed E-state index contributed by atoms with van der Waals surface area (Å²) in [4.78, 5) is 22.9. The van der Waals surface area contributed by atoms with Gasteiger partial charge >= 0.3 is 5.91 Å². The molecule has 9 nitrogen and oxygen atoms in total. The number of non-ortho nitro benzene ring substituents is 1. The minimum absolute atomic E-state index is 0.0234. The first-order valence-corrected chi connectivity index (χ1v) is 11.9. The second-order valence-electron chi connectivity index (χ2n) is 7.47. The average Bonchev–Trinajstić information content (AvgIpc) is 3.28. The first-order valence-electron chi connectivity index (χ1n) is 10.7. The van der Waals surface area contributed by atoms with Crippen molar-refractivity contribution < 1.29 is 23.6 Å². The molecule has 0 saturated heterocycles. The van der Waals surface area contributed by atoms with Crippen LogP contribution in [0.3, 0.4) is 0 Å². The summed E-state index contributed by atoms with van der Waals surface area (Å²) in [6.07, 6.45) is 1.45. The van der Waals surface area contributed by atoms with Crippen LogP contribution >= 0.6 is 27.5 Å². The number of amides is 1. The fourth-order valence-electron chi connectivity index (χ4n) is 3.28. The summed E-state index contributed by atoms with van der Waals surface area (Å²) in [7, 11) is 0. The number of rotatable bonds is 9. The topological polar surface area (TPSA) is 116 Å². The Morgan fingerprint density at radius 3 is 2.67 bits per heavy atom. The van der Waals surface area contributed by atoms with E-state index in [1.165, 1.54) is 30.5 Å². The standard InChI is InChI=1S/C25H19BrClN3O6/c1-2-34-22-10-16(9-20(26)24(22)35-14-15-3-5-18(27)6-4-15)13-28-29-25(31)23-12-17-11-19(30(32)33)7-8-21(17)36-23/h3-13H,2,14H2,1H3,(H,29,31)/b28-13+. The number of halogens is 2. The Kier molecular flexibility index (Phi) is 7.87. The number of carbonyl (C=O) groups excluding carboxylic acids is 1. The largest absolute Gasteiger partial charge is 0.490 e. The minimum atomic E-state index is -0.600. The van der Waals surface area contributed by atoms with E-state index in [2.05, 4.69) is 26.5 Å². The maximum absolute atomic E-state index is 12.4. The van der Waals surface area contributed by atoms with Gasteiger partial charge in [0, 0.05) is 22.5 Å². The second-order valence-corrected chi connectivity index (χ2v) is 8.76. The van der Waals surface area contributed by atoms with Crippen molar-refractivity contribution in [2.75, 3.05) is 6.61 Å². The maximum Gasteiger partial charge on any atom is 0.307 e. The van der Waals surface area contributed by atoms with Gasteiger partial charge in [0.15, 0.2) is 17.3 Å². The predicted molar refractivity (Wildman–Crippen MR) is 139 cm³/mol. The van der Waals surface area contributed by atoms with Gasteiger partial charge in [-0.25, -0.2) is 5.43 Å². The van der Waals surface area contributed by atoms with E-state index in [4.69, 9.17) is 25.5 Å². The smallest absolute Gasteiger partial charge is 0.307 e. The molecule has 0 saturated carbocycles. The van der Waals surface area contributed by atoms with Gasteiger partial charge in [0.1, 0.15) is 12.2 Å². The Morgan fingerprint density at radius 2 is 1.94 bits per heavy atom. The third-order valence-corrected chi connectivity index (χ3v) is 5.78. The number of nitro groups is 1. The summed E-state index contributed by atoms with van der Waals surface area (Å²) < 4.78 is 17.8. The van der Waals surface area contributed by atoms with E-state index in [0.717, 1.165) is 5.56 Å². The number of benzene rings is 3. The van der Waals surface area contributed by atoms with Crippen LogP contribution < -0.4 is 14.9 Å². The van der Waals surface area contributed by atoms with E-state index in [-0.39, 0.29) is 11.4 Å². The molecule has 0 radical (unpaired) electrons. The molecule has 1 N–H and O–H groups in total. The van der Waals surface area contributed by atoms with Crippen molar-refractivity contribution in [2.45, 2.75) is 13.5 Å². The fourth-order valence-corrected chi connectivity index (χ4v) is 3.98. The van der Waals surface area contributed by atoms with Crippen LogP contribution in [0.1, 0.15) is 28.6 Å². The Morgan fingerprint density at radius 1 is 1.17 bits per heavy atom. The summed E-state index contributed by atoms with van der Waals surface area (Å²) in [5.41, 5.74) is 4.24. The van der Waals surface area contributed by atoms with E-state index in [9.17, 15) is 14.9 Å². The first kappa shape index (κ1) is 25.2. The summed E-state index contributed by atoms with van der Waals surface area (Å²) in [6, 6.07) is 16.4. The molecule has 36 heavy (non-hydrogen) atoms. The third-order valence-electron chi connectivity index (χ3n) is 4.94. The summed E-state index contributed by atoms with van der Waals surface area (Å²) in [6.45, 7) is 2.60. The number of carbonyl (C=O) groups is 1. The maximum atomic E-state index is 12.4. The molecule has 0 aliphatic carbocycles. The molecular formula is C25H19BrClN3O6. The summed E-state index contributed by atoms with van der Waals surface area (Å²) in [5, 5.41) is 16.0. The van der Waals surface area contributed by atoms with Crippen molar-refractivity contribution >= 4 is 56.3 Å². The lowest BCUT2D eigenvalue weighted by Crippen LogP contribution is -2.16. The van der Waals surface area contributed by atoms with Crippen LogP contribution in [0, 0.1) is 10.1 Å². The Labute approximate surface area is 218 Å². The number of furan rings is 1. The van der Waals surface area contributed by atoms with Gasteiger partial charge in [-0.15, -0.1) is 0 Å². The molecule has 0 unspecified atom stereocenters. The van der Waals surface area contributed by atoms with Crippen molar-refractivity contribution in [2.24, 2.45) is 5.10 Å². The van der Waals surface area contributed by atoms with Gasteiger partial charge in [0.05, 0.1) is 22.2 Å². The van der Waals surface area contributed by atoms with Crippen LogP contribution in [0.25, 0.3) is 11.0 Å². The van der Waals surface area contributed by atoms with Gasteiger partial charge in [0.2, 0.25) is 0 Å².